The van der Waals surface area contributed by atoms with Gasteiger partial charge in [-0.3, -0.25) is 19.1 Å². The van der Waals surface area contributed by atoms with Crippen LogP contribution in [-0.4, -0.2) is 35.7 Å². The van der Waals surface area contributed by atoms with Crippen LogP contribution in [0.2, 0.25) is 0 Å². The molecular formula is C21H19F3N6O2S. The smallest absolute Gasteiger partial charge is 0.250 e. The summed E-state index contributed by atoms with van der Waals surface area (Å²) in [7, 11) is -3.89. The lowest BCUT2D eigenvalue weighted by molar-refractivity contribution is 0.313. The average Bonchev–Trinajstić information content (AvgIpc) is 2.75. The van der Waals surface area contributed by atoms with E-state index in [4.69, 9.17) is 11.0 Å². The summed E-state index contributed by atoms with van der Waals surface area (Å²) in [4.78, 5) is 12.2. The number of nitrogens with two attached hydrogens (primary N) is 1. The van der Waals surface area contributed by atoms with Crippen LogP contribution in [-0.2, 0) is 5.54 Å². The number of aliphatic imine (C=N–C) groups is 1. The van der Waals surface area contributed by atoms with Gasteiger partial charge in [0.05, 0.1) is 17.5 Å². The zero-order valence-corrected chi connectivity index (χ0v) is 18.3. The summed E-state index contributed by atoms with van der Waals surface area (Å²) < 4.78 is 64.4. The van der Waals surface area contributed by atoms with Gasteiger partial charge in [0.15, 0.2) is 17.5 Å². The Morgan fingerprint density at radius 3 is 2.55 bits per heavy atom. The molecule has 0 fully saturated rings. The number of pyridine rings is 2. The molecule has 0 unspecified atom stereocenters. The molecule has 33 heavy (non-hydrogen) atoms. The van der Waals surface area contributed by atoms with Crippen molar-refractivity contribution in [3.8, 4) is 6.07 Å². The van der Waals surface area contributed by atoms with Crippen molar-refractivity contribution in [2.45, 2.75) is 24.4 Å². The van der Waals surface area contributed by atoms with Crippen LogP contribution in [0.25, 0.3) is 10.9 Å². The van der Waals surface area contributed by atoms with Crippen molar-refractivity contribution in [2.75, 3.05) is 11.1 Å². The number of nitrogens with one attached hydrogen (secondary N) is 1. The first-order chi connectivity index (χ1) is 15.4. The number of nitriles is 1. The molecule has 2 aromatic heterocycles. The van der Waals surface area contributed by atoms with Crippen LogP contribution in [0.5, 0.6) is 0 Å². The monoisotopic (exact) mass is 476 g/mol. The summed E-state index contributed by atoms with van der Waals surface area (Å²) in [6.07, 6.45) is 2.23. The molecule has 8 nitrogen and oxygen atoms in total. The second-order valence-corrected chi connectivity index (χ2v) is 10.4. The number of halogens is 3. The molecule has 1 aromatic carbocycles. The summed E-state index contributed by atoms with van der Waals surface area (Å²) in [5.41, 5.74) is 4.67. The second kappa shape index (κ2) is 7.58. The minimum absolute atomic E-state index is 0.0583. The Kier molecular flexibility index (Phi) is 5.24. The topological polar surface area (TPSA) is 140 Å². The van der Waals surface area contributed by atoms with E-state index < -0.39 is 44.4 Å². The summed E-state index contributed by atoms with van der Waals surface area (Å²) in [5.74, 6) is -2.46. The van der Waals surface area contributed by atoms with Gasteiger partial charge in [0.2, 0.25) is 0 Å². The van der Waals surface area contributed by atoms with Gasteiger partial charge in [0, 0.05) is 22.8 Å². The molecule has 1 aliphatic rings. The van der Waals surface area contributed by atoms with Gasteiger partial charge in [-0.2, -0.15) is 15.9 Å². The number of rotatable bonds is 3. The van der Waals surface area contributed by atoms with Gasteiger partial charge in [-0.15, -0.1) is 0 Å². The van der Waals surface area contributed by atoms with Crippen LogP contribution < -0.4 is 11.1 Å². The van der Waals surface area contributed by atoms with E-state index in [2.05, 4.69) is 20.3 Å². The number of anilines is 2. The largest absolute Gasteiger partial charge is 0.383 e. The van der Waals surface area contributed by atoms with E-state index >= 15 is 0 Å². The number of aromatic nitrogens is 2. The Morgan fingerprint density at radius 1 is 1.15 bits per heavy atom. The number of amidine groups is 1. The van der Waals surface area contributed by atoms with Gasteiger partial charge in [-0.1, -0.05) is 0 Å². The third-order valence-electron chi connectivity index (χ3n) is 5.54. The SMILES string of the molecule is C[C@]1(F)C(N)=N[C@](C)(c2cc(Nc3ncc(F)c4cc(C#N)cnc34)ccc2F)CS1(O)O. The summed E-state index contributed by atoms with van der Waals surface area (Å²) in [6.45, 7) is 2.34. The maximum Gasteiger partial charge on any atom is 0.250 e. The zero-order chi connectivity index (χ0) is 24.2. The first-order valence-corrected chi connectivity index (χ1v) is 11.3. The van der Waals surface area contributed by atoms with Gasteiger partial charge in [-0.05, 0) is 38.1 Å². The van der Waals surface area contributed by atoms with Crippen LogP contribution in [0.4, 0.5) is 24.7 Å². The quantitative estimate of drug-likeness (QED) is 0.435. The maximum absolute atomic E-state index is 14.8. The molecular weight excluding hydrogens is 457 g/mol. The molecule has 3 heterocycles. The Hall–Kier alpha value is -3.40. The average molecular weight is 476 g/mol. The van der Waals surface area contributed by atoms with E-state index in [1.54, 1.807) is 0 Å². The van der Waals surface area contributed by atoms with E-state index in [1.807, 2.05) is 6.07 Å². The number of hydrogen-bond donors (Lipinski definition) is 4. The van der Waals surface area contributed by atoms with Crippen LogP contribution >= 0.6 is 10.6 Å². The fourth-order valence-corrected chi connectivity index (χ4v) is 5.28. The van der Waals surface area contributed by atoms with E-state index in [1.165, 1.54) is 31.3 Å². The normalized spacial score (nSPS) is 25.2. The Bertz CT molecular complexity index is 1360. The summed E-state index contributed by atoms with van der Waals surface area (Å²) >= 11 is 0. The highest BCUT2D eigenvalue weighted by molar-refractivity contribution is 8.26. The minimum Gasteiger partial charge on any atom is -0.383 e. The lowest BCUT2D eigenvalue weighted by Gasteiger charge is -2.50. The number of benzene rings is 1. The standard InChI is InChI=1S/C21H19F3N6O2S/c1-20(10-33(31,32)21(2,24)19(26)30-20)14-6-12(3-4-15(14)22)29-18-17-13(16(23)9-28-18)5-11(7-25)8-27-17/h3-6,8-9,31-32H,10H2,1-2H3,(H2,26,30)(H,28,29)/t20-,21+/m0/s1. The predicted molar refractivity (Wildman–Crippen MR) is 120 cm³/mol. The number of hydrogen-bond acceptors (Lipinski definition) is 8. The lowest BCUT2D eigenvalue weighted by atomic mass is 9.93. The van der Waals surface area contributed by atoms with Crippen molar-refractivity contribution in [1.82, 2.24) is 9.97 Å². The Balaban J connectivity index is 1.78. The first-order valence-electron chi connectivity index (χ1n) is 9.59. The molecule has 12 heteroatoms. The molecule has 1 aliphatic heterocycles. The van der Waals surface area contributed by atoms with Gasteiger partial charge in [0.1, 0.15) is 22.9 Å². The van der Waals surface area contributed by atoms with Gasteiger partial charge in [0.25, 0.3) is 5.00 Å². The van der Waals surface area contributed by atoms with Crippen LogP contribution in [0.3, 0.4) is 0 Å². The molecule has 0 saturated heterocycles. The van der Waals surface area contributed by atoms with Gasteiger partial charge in [-0.25, -0.2) is 18.2 Å². The molecule has 0 saturated carbocycles. The summed E-state index contributed by atoms with van der Waals surface area (Å²) in [5, 5.41) is 9.39. The first kappa shape index (κ1) is 22.8. The maximum atomic E-state index is 14.8. The van der Waals surface area contributed by atoms with Crippen molar-refractivity contribution < 1.29 is 22.3 Å². The van der Waals surface area contributed by atoms with Crippen molar-refractivity contribution in [3.05, 3.63) is 59.4 Å². The molecule has 0 amide bonds. The van der Waals surface area contributed by atoms with Crippen LogP contribution in [0, 0.1) is 23.0 Å². The highest BCUT2D eigenvalue weighted by atomic mass is 32.3. The summed E-state index contributed by atoms with van der Waals surface area (Å²) in [6, 6.07) is 7.08. The van der Waals surface area contributed by atoms with Crippen LogP contribution in [0.1, 0.15) is 25.0 Å². The minimum atomic E-state index is -3.89. The van der Waals surface area contributed by atoms with E-state index in [-0.39, 0.29) is 27.8 Å². The molecule has 172 valence electrons. The molecule has 0 aliphatic carbocycles. The molecule has 3 aromatic rings. The third kappa shape index (κ3) is 3.74. The molecule has 0 bridgehead atoms. The number of fused-ring (bicyclic) bond motifs is 1. The van der Waals surface area contributed by atoms with Crippen LogP contribution in [0.15, 0.2) is 41.7 Å². The van der Waals surface area contributed by atoms with Crippen molar-refractivity contribution in [2.24, 2.45) is 10.7 Å². The molecule has 0 radical (unpaired) electrons. The van der Waals surface area contributed by atoms with E-state index in [0.717, 1.165) is 19.2 Å². The van der Waals surface area contributed by atoms with E-state index in [9.17, 15) is 22.3 Å². The molecule has 4 rings (SSSR count). The molecule has 0 spiro atoms. The Morgan fingerprint density at radius 2 is 1.88 bits per heavy atom. The van der Waals surface area contributed by atoms with Gasteiger partial charge < -0.3 is 11.1 Å². The predicted octanol–water partition coefficient (Wildman–Crippen LogP) is 4.55. The molecule has 2 atom stereocenters. The highest BCUT2D eigenvalue weighted by Gasteiger charge is 2.52. The number of nitrogens with zero attached hydrogens (tertiary/aromatic N) is 4. The fourth-order valence-electron chi connectivity index (χ4n) is 3.62. The Labute approximate surface area is 188 Å². The molecule has 5 N–H and O–H groups in total. The van der Waals surface area contributed by atoms with Crippen molar-refractivity contribution in [3.63, 3.8) is 0 Å². The highest BCUT2D eigenvalue weighted by Crippen LogP contribution is 2.60. The van der Waals surface area contributed by atoms with Crippen molar-refractivity contribution >= 4 is 38.8 Å². The van der Waals surface area contributed by atoms with Crippen molar-refractivity contribution in [1.29, 1.82) is 5.26 Å². The lowest BCUT2D eigenvalue weighted by Crippen LogP contribution is -2.51. The third-order valence-corrected chi connectivity index (χ3v) is 7.94. The second-order valence-electron chi connectivity index (χ2n) is 8.01. The van der Waals surface area contributed by atoms with Gasteiger partial charge >= 0.3 is 0 Å². The zero-order valence-electron chi connectivity index (χ0n) is 17.5. The van der Waals surface area contributed by atoms with E-state index in [0.29, 0.717) is 5.69 Å². The fraction of sp³-hybridized carbons (Fsp3) is 0.238. The number of alkyl halides is 1.